The van der Waals surface area contributed by atoms with Crippen molar-refractivity contribution in [2.24, 2.45) is 0 Å². The summed E-state index contributed by atoms with van der Waals surface area (Å²) in [5.41, 5.74) is 0. The average molecular weight is 193 g/mol. The summed E-state index contributed by atoms with van der Waals surface area (Å²) in [4.78, 5) is 10.9. The van der Waals surface area contributed by atoms with Gasteiger partial charge in [0.25, 0.3) is 0 Å². The molecule has 0 heterocycles. The van der Waals surface area contributed by atoms with Crippen LogP contribution in [-0.2, 0) is 4.79 Å². The van der Waals surface area contributed by atoms with Gasteiger partial charge in [0.05, 0.1) is 6.54 Å². The Labute approximate surface area is 84.1 Å². The number of carbonyl (C=O) groups excluding carboxylic acids is 1. The molecule has 0 radical (unpaired) electrons. The molecule has 0 spiro atoms. The van der Waals surface area contributed by atoms with Crippen molar-refractivity contribution in [3.05, 3.63) is 30.3 Å². The summed E-state index contributed by atoms with van der Waals surface area (Å²) in [5.74, 6) is 0.889. The summed E-state index contributed by atoms with van der Waals surface area (Å²) in [6.07, 6.45) is 0.519. The van der Waals surface area contributed by atoms with Gasteiger partial charge in [0, 0.05) is 6.42 Å². The molecule has 1 aromatic carbocycles. The Morgan fingerprint density at radius 3 is 2.71 bits per heavy atom. The smallest absolute Gasteiger partial charge is 0.219 e. The largest absolute Gasteiger partial charge is 0.492 e. The quantitative estimate of drug-likeness (QED) is 0.721. The van der Waals surface area contributed by atoms with Gasteiger partial charge in [-0.2, -0.15) is 0 Å². The predicted octanol–water partition coefficient (Wildman–Crippen LogP) is 1.59. The fourth-order valence-electron chi connectivity index (χ4n) is 1.00. The van der Waals surface area contributed by atoms with Crippen molar-refractivity contribution in [1.82, 2.24) is 5.32 Å². The molecule has 1 amide bonds. The first-order chi connectivity index (χ1) is 6.83. The van der Waals surface area contributed by atoms with Crippen LogP contribution in [0.5, 0.6) is 5.75 Å². The molecule has 3 heteroatoms. The summed E-state index contributed by atoms with van der Waals surface area (Å²) in [5, 5.41) is 2.74. The van der Waals surface area contributed by atoms with Crippen molar-refractivity contribution in [1.29, 1.82) is 0 Å². The first-order valence-corrected chi connectivity index (χ1v) is 4.77. The van der Waals surface area contributed by atoms with Crippen molar-refractivity contribution < 1.29 is 9.53 Å². The van der Waals surface area contributed by atoms with Gasteiger partial charge >= 0.3 is 0 Å². The summed E-state index contributed by atoms with van der Waals surface area (Å²) in [6, 6.07) is 9.55. The number of benzene rings is 1. The van der Waals surface area contributed by atoms with E-state index in [-0.39, 0.29) is 5.91 Å². The van der Waals surface area contributed by atoms with E-state index in [9.17, 15) is 4.79 Å². The van der Waals surface area contributed by atoms with Gasteiger partial charge in [0.15, 0.2) is 0 Å². The molecular weight excluding hydrogens is 178 g/mol. The van der Waals surface area contributed by atoms with Crippen LogP contribution in [0.3, 0.4) is 0 Å². The minimum atomic E-state index is 0.0571. The lowest BCUT2D eigenvalue weighted by Crippen LogP contribution is -2.27. The van der Waals surface area contributed by atoms with Gasteiger partial charge in [0.2, 0.25) is 5.91 Å². The number of carbonyl (C=O) groups is 1. The number of rotatable bonds is 5. The van der Waals surface area contributed by atoms with Crippen molar-refractivity contribution in [3.8, 4) is 5.75 Å². The van der Waals surface area contributed by atoms with Gasteiger partial charge in [-0.05, 0) is 12.1 Å². The lowest BCUT2D eigenvalue weighted by atomic mass is 10.3. The van der Waals surface area contributed by atoms with Crippen LogP contribution in [0.25, 0.3) is 0 Å². The second-order valence-corrected chi connectivity index (χ2v) is 2.87. The highest BCUT2D eigenvalue weighted by molar-refractivity contribution is 5.75. The van der Waals surface area contributed by atoms with Crippen LogP contribution in [0.2, 0.25) is 0 Å². The second-order valence-electron chi connectivity index (χ2n) is 2.87. The summed E-state index contributed by atoms with van der Waals surface area (Å²) in [6.45, 7) is 2.89. The molecule has 0 atom stereocenters. The number of nitrogens with one attached hydrogen (secondary N) is 1. The third-order valence-electron chi connectivity index (χ3n) is 1.76. The monoisotopic (exact) mass is 193 g/mol. The van der Waals surface area contributed by atoms with Crippen molar-refractivity contribution in [3.63, 3.8) is 0 Å². The maximum absolute atomic E-state index is 10.9. The second kappa shape index (κ2) is 6.02. The van der Waals surface area contributed by atoms with Crippen LogP contribution in [0.1, 0.15) is 13.3 Å². The minimum Gasteiger partial charge on any atom is -0.492 e. The fourth-order valence-corrected chi connectivity index (χ4v) is 1.00. The molecule has 3 nitrogen and oxygen atoms in total. The Bertz CT molecular complexity index is 272. The van der Waals surface area contributed by atoms with Crippen molar-refractivity contribution >= 4 is 5.91 Å². The molecule has 0 aliphatic carbocycles. The molecule has 0 bridgehead atoms. The number of hydrogen-bond acceptors (Lipinski definition) is 2. The van der Waals surface area contributed by atoms with E-state index in [0.717, 1.165) is 5.75 Å². The fraction of sp³-hybridized carbons (Fsp3) is 0.364. The Morgan fingerprint density at radius 1 is 1.36 bits per heavy atom. The van der Waals surface area contributed by atoms with Gasteiger partial charge < -0.3 is 10.1 Å². The van der Waals surface area contributed by atoms with E-state index in [4.69, 9.17) is 4.74 Å². The Hall–Kier alpha value is -1.51. The summed E-state index contributed by atoms with van der Waals surface area (Å²) < 4.78 is 5.39. The zero-order valence-electron chi connectivity index (χ0n) is 8.32. The highest BCUT2D eigenvalue weighted by Gasteiger charge is 1.95. The molecule has 0 aromatic heterocycles. The van der Waals surface area contributed by atoms with E-state index in [0.29, 0.717) is 19.6 Å². The van der Waals surface area contributed by atoms with E-state index >= 15 is 0 Å². The molecule has 0 fully saturated rings. The normalized spacial score (nSPS) is 9.50. The molecule has 0 aliphatic rings. The highest BCUT2D eigenvalue weighted by Crippen LogP contribution is 2.07. The summed E-state index contributed by atoms with van der Waals surface area (Å²) in [7, 11) is 0. The number of para-hydroxylation sites is 1. The Morgan fingerprint density at radius 2 is 2.07 bits per heavy atom. The standard InChI is InChI=1S/C11H15NO2/c1-2-11(13)12-8-9-14-10-6-4-3-5-7-10/h3-7H,2,8-9H2,1H3,(H,12,13). The lowest BCUT2D eigenvalue weighted by Gasteiger charge is -2.06. The Kier molecular flexibility index (Phi) is 4.55. The van der Waals surface area contributed by atoms with Gasteiger partial charge in [-0.25, -0.2) is 0 Å². The summed E-state index contributed by atoms with van der Waals surface area (Å²) >= 11 is 0. The number of amides is 1. The average Bonchev–Trinajstić information content (AvgIpc) is 2.25. The first kappa shape index (κ1) is 10.6. The molecule has 1 rings (SSSR count). The van der Waals surface area contributed by atoms with Crippen LogP contribution >= 0.6 is 0 Å². The van der Waals surface area contributed by atoms with Crippen molar-refractivity contribution in [2.75, 3.05) is 13.2 Å². The number of ether oxygens (including phenoxy) is 1. The SMILES string of the molecule is CCC(=O)NCCOc1ccccc1. The third kappa shape index (κ3) is 3.94. The Balaban J connectivity index is 2.13. The molecule has 76 valence electrons. The molecule has 14 heavy (non-hydrogen) atoms. The van der Waals surface area contributed by atoms with Gasteiger partial charge in [-0.15, -0.1) is 0 Å². The molecule has 1 aromatic rings. The zero-order chi connectivity index (χ0) is 10.2. The number of hydrogen-bond donors (Lipinski definition) is 1. The van der Waals surface area contributed by atoms with Crippen LogP contribution in [0.4, 0.5) is 0 Å². The maximum Gasteiger partial charge on any atom is 0.219 e. The topological polar surface area (TPSA) is 38.3 Å². The van der Waals surface area contributed by atoms with Crippen LogP contribution in [-0.4, -0.2) is 19.1 Å². The van der Waals surface area contributed by atoms with E-state index in [2.05, 4.69) is 5.32 Å². The van der Waals surface area contributed by atoms with E-state index in [1.54, 1.807) is 0 Å². The van der Waals surface area contributed by atoms with E-state index in [1.807, 2.05) is 37.3 Å². The predicted molar refractivity (Wildman–Crippen MR) is 55.2 cm³/mol. The first-order valence-electron chi connectivity index (χ1n) is 4.77. The van der Waals surface area contributed by atoms with Gasteiger partial charge in [-0.3, -0.25) is 4.79 Å². The van der Waals surface area contributed by atoms with Gasteiger partial charge in [-0.1, -0.05) is 25.1 Å². The molecule has 1 N–H and O–H groups in total. The lowest BCUT2D eigenvalue weighted by molar-refractivity contribution is -0.120. The van der Waals surface area contributed by atoms with E-state index < -0.39 is 0 Å². The van der Waals surface area contributed by atoms with Crippen LogP contribution < -0.4 is 10.1 Å². The minimum absolute atomic E-state index is 0.0571. The molecule has 0 aliphatic heterocycles. The zero-order valence-corrected chi connectivity index (χ0v) is 8.32. The highest BCUT2D eigenvalue weighted by atomic mass is 16.5. The molecule has 0 saturated carbocycles. The third-order valence-corrected chi connectivity index (χ3v) is 1.76. The maximum atomic E-state index is 10.9. The van der Waals surface area contributed by atoms with Crippen molar-refractivity contribution in [2.45, 2.75) is 13.3 Å². The molecule has 0 unspecified atom stereocenters. The van der Waals surface area contributed by atoms with E-state index in [1.165, 1.54) is 0 Å². The molecular formula is C11H15NO2. The van der Waals surface area contributed by atoms with Crippen LogP contribution in [0, 0.1) is 0 Å². The van der Waals surface area contributed by atoms with Crippen LogP contribution in [0.15, 0.2) is 30.3 Å². The van der Waals surface area contributed by atoms with Gasteiger partial charge in [0.1, 0.15) is 12.4 Å². The molecule has 0 saturated heterocycles.